The van der Waals surface area contributed by atoms with Gasteiger partial charge in [0.05, 0.1) is 0 Å². The van der Waals surface area contributed by atoms with Crippen molar-refractivity contribution in [3.63, 3.8) is 0 Å². The topological polar surface area (TPSA) is 128 Å². The average molecular weight is 338 g/mol. The van der Waals surface area contributed by atoms with E-state index in [1.165, 1.54) is 12.1 Å². The Balaban J connectivity index is 2.57. The number of aromatic nitrogens is 1. The molecule has 8 nitrogen and oxygen atoms in total. The number of hydrogen-bond acceptors (Lipinski definition) is 6. The van der Waals surface area contributed by atoms with Crippen LogP contribution >= 0.6 is 0 Å². The van der Waals surface area contributed by atoms with E-state index in [4.69, 9.17) is 5.73 Å². The summed E-state index contributed by atoms with van der Waals surface area (Å²) in [6.07, 6.45) is 2.52. The van der Waals surface area contributed by atoms with Crippen LogP contribution < -0.4 is 10.5 Å². The lowest BCUT2D eigenvalue weighted by Gasteiger charge is -2.11. The van der Waals surface area contributed by atoms with Gasteiger partial charge < -0.3 is 15.8 Å². The molecule has 0 aliphatic carbocycles. The first-order valence-corrected chi connectivity index (χ1v) is 8.69. The smallest absolute Gasteiger partial charge is 0.388 e. The van der Waals surface area contributed by atoms with Crippen LogP contribution in [0.1, 0.15) is 26.2 Å². The fourth-order valence-corrected chi connectivity index (χ4v) is 3.67. The number of hydrogen-bond donors (Lipinski definition) is 2. The van der Waals surface area contributed by atoms with E-state index in [9.17, 15) is 18.5 Å². The second-order valence-electron chi connectivity index (χ2n) is 5.06. The SMILES string of the molecule is CCCCCNS(=O)(=O)c1c(N)c([N+](=O)[O-])nc2ccccc12. The van der Waals surface area contributed by atoms with E-state index in [0.717, 1.165) is 12.8 Å². The second kappa shape index (κ2) is 6.88. The van der Waals surface area contributed by atoms with Gasteiger partial charge in [-0.1, -0.05) is 31.9 Å². The predicted octanol–water partition coefficient (Wildman–Crippen LogP) is 2.19. The van der Waals surface area contributed by atoms with Crippen molar-refractivity contribution in [2.75, 3.05) is 12.3 Å². The predicted molar refractivity (Wildman–Crippen MR) is 87.5 cm³/mol. The largest absolute Gasteiger partial charge is 0.391 e. The Morgan fingerprint density at radius 1 is 1.30 bits per heavy atom. The number of nitrogens with one attached hydrogen (secondary N) is 1. The minimum Gasteiger partial charge on any atom is -0.391 e. The third-order valence-corrected chi connectivity index (χ3v) is 4.94. The Morgan fingerprint density at radius 3 is 2.65 bits per heavy atom. The van der Waals surface area contributed by atoms with Crippen LogP contribution in [-0.4, -0.2) is 24.9 Å². The number of sulfonamides is 1. The molecule has 124 valence electrons. The summed E-state index contributed by atoms with van der Waals surface area (Å²) in [5.74, 6) is -0.655. The molecule has 23 heavy (non-hydrogen) atoms. The first-order valence-electron chi connectivity index (χ1n) is 7.20. The number of rotatable bonds is 7. The van der Waals surface area contributed by atoms with E-state index in [1.807, 2.05) is 6.92 Å². The fourth-order valence-electron chi connectivity index (χ4n) is 2.27. The van der Waals surface area contributed by atoms with Crippen LogP contribution in [0.25, 0.3) is 10.9 Å². The average Bonchev–Trinajstić information content (AvgIpc) is 2.50. The summed E-state index contributed by atoms with van der Waals surface area (Å²) in [4.78, 5) is 13.9. The Bertz CT molecular complexity index is 836. The van der Waals surface area contributed by atoms with E-state index < -0.39 is 26.5 Å². The van der Waals surface area contributed by atoms with Gasteiger partial charge >= 0.3 is 5.82 Å². The standard InChI is InChI=1S/C14H18N4O4S/c1-2-3-6-9-16-23(21,22)13-10-7-4-5-8-11(10)17-14(12(13)15)18(19)20/h4-5,7-8,16H,2-3,6,9,15H2,1H3. The van der Waals surface area contributed by atoms with Crippen LogP contribution in [0.4, 0.5) is 11.5 Å². The van der Waals surface area contributed by atoms with Crippen LogP contribution in [-0.2, 0) is 10.0 Å². The Morgan fingerprint density at radius 2 is 2.00 bits per heavy atom. The van der Waals surface area contributed by atoms with Gasteiger partial charge in [-0.15, -0.1) is 0 Å². The lowest BCUT2D eigenvalue weighted by Crippen LogP contribution is -2.26. The van der Waals surface area contributed by atoms with Gasteiger partial charge in [0.1, 0.15) is 4.90 Å². The molecule has 0 saturated carbocycles. The lowest BCUT2D eigenvalue weighted by molar-refractivity contribution is -0.388. The minimum atomic E-state index is -3.97. The molecule has 1 aromatic heterocycles. The summed E-state index contributed by atoms with van der Waals surface area (Å²) in [6.45, 7) is 2.26. The third-order valence-electron chi connectivity index (χ3n) is 3.37. The lowest BCUT2D eigenvalue weighted by atomic mass is 10.2. The minimum absolute atomic E-state index is 0.210. The van der Waals surface area contributed by atoms with Crippen LogP contribution in [0.3, 0.4) is 0 Å². The summed E-state index contributed by atoms with van der Waals surface area (Å²) >= 11 is 0. The number of benzene rings is 1. The molecular weight excluding hydrogens is 320 g/mol. The number of pyridine rings is 1. The van der Waals surface area contributed by atoms with Crippen molar-refractivity contribution in [2.45, 2.75) is 31.1 Å². The third kappa shape index (κ3) is 3.57. The molecule has 1 heterocycles. The molecule has 0 bridgehead atoms. The second-order valence-corrected chi connectivity index (χ2v) is 6.76. The number of nitro groups is 1. The molecule has 2 rings (SSSR count). The zero-order chi connectivity index (χ0) is 17.0. The van der Waals surface area contributed by atoms with Crippen molar-refractivity contribution in [1.29, 1.82) is 0 Å². The molecule has 9 heteroatoms. The van der Waals surface area contributed by atoms with Crippen LogP contribution in [0.15, 0.2) is 29.2 Å². The van der Waals surface area contributed by atoms with Crippen LogP contribution in [0.2, 0.25) is 0 Å². The van der Waals surface area contributed by atoms with Crippen molar-refractivity contribution in [3.05, 3.63) is 34.4 Å². The van der Waals surface area contributed by atoms with E-state index in [0.29, 0.717) is 6.42 Å². The monoisotopic (exact) mass is 338 g/mol. The first kappa shape index (κ1) is 17.1. The van der Waals surface area contributed by atoms with E-state index in [-0.39, 0.29) is 22.3 Å². The van der Waals surface area contributed by atoms with E-state index in [2.05, 4.69) is 9.71 Å². The van der Waals surface area contributed by atoms with Crippen LogP contribution in [0.5, 0.6) is 0 Å². The van der Waals surface area contributed by atoms with Crippen molar-refractivity contribution in [3.8, 4) is 0 Å². The molecule has 0 amide bonds. The molecule has 0 saturated heterocycles. The van der Waals surface area contributed by atoms with Gasteiger partial charge in [0, 0.05) is 11.9 Å². The highest BCUT2D eigenvalue weighted by atomic mass is 32.2. The number of unbranched alkanes of at least 4 members (excludes halogenated alkanes) is 2. The Kier molecular flexibility index (Phi) is 5.12. The molecule has 0 unspecified atom stereocenters. The van der Waals surface area contributed by atoms with E-state index >= 15 is 0 Å². The molecule has 1 aromatic carbocycles. The zero-order valence-corrected chi connectivity index (χ0v) is 13.5. The maximum Gasteiger partial charge on any atom is 0.388 e. The fraction of sp³-hybridized carbons (Fsp3) is 0.357. The van der Waals surface area contributed by atoms with Gasteiger partial charge in [-0.3, -0.25) is 0 Å². The summed E-state index contributed by atoms with van der Waals surface area (Å²) in [5.41, 5.74) is 5.51. The highest BCUT2D eigenvalue weighted by Gasteiger charge is 2.29. The first-order chi connectivity index (χ1) is 10.9. The highest BCUT2D eigenvalue weighted by molar-refractivity contribution is 7.90. The number of nitrogens with two attached hydrogens (primary N) is 1. The summed E-state index contributed by atoms with van der Waals surface area (Å²) < 4.78 is 27.6. The quantitative estimate of drug-likeness (QED) is 0.452. The van der Waals surface area contributed by atoms with Crippen molar-refractivity contribution in [1.82, 2.24) is 9.71 Å². The maximum absolute atomic E-state index is 12.6. The Labute approximate surface area is 133 Å². The molecular formula is C14H18N4O4S. The van der Waals surface area contributed by atoms with Crippen molar-refractivity contribution >= 4 is 32.4 Å². The molecule has 0 radical (unpaired) electrons. The molecule has 0 fully saturated rings. The van der Waals surface area contributed by atoms with Crippen LogP contribution in [0, 0.1) is 10.1 Å². The summed E-state index contributed by atoms with van der Waals surface area (Å²) in [6, 6.07) is 6.30. The van der Waals surface area contributed by atoms with Crippen molar-refractivity contribution in [2.24, 2.45) is 0 Å². The van der Waals surface area contributed by atoms with E-state index in [1.54, 1.807) is 12.1 Å². The van der Waals surface area contributed by atoms with Gasteiger partial charge in [0.2, 0.25) is 10.0 Å². The molecule has 3 N–H and O–H groups in total. The number of fused-ring (bicyclic) bond motifs is 1. The van der Waals surface area contributed by atoms with Gasteiger partial charge in [-0.25, -0.2) is 13.1 Å². The van der Waals surface area contributed by atoms with Gasteiger partial charge in [-0.2, -0.15) is 0 Å². The molecule has 0 aliphatic heterocycles. The van der Waals surface area contributed by atoms with Gasteiger partial charge in [0.25, 0.3) is 0 Å². The van der Waals surface area contributed by atoms with Gasteiger partial charge in [0.15, 0.2) is 11.2 Å². The zero-order valence-electron chi connectivity index (χ0n) is 12.7. The number of nitrogens with zero attached hydrogens (tertiary/aromatic N) is 2. The van der Waals surface area contributed by atoms with Crippen molar-refractivity contribution < 1.29 is 13.3 Å². The molecule has 0 spiro atoms. The normalized spacial score (nSPS) is 11.7. The molecule has 0 aliphatic rings. The number of nitrogen functional groups attached to an aromatic ring is 1. The molecule has 0 atom stereocenters. The van der Waals surface area contributed by atoms with Gasteiger partial charge in [-0.05, 0) is 28.5 Å². The highest BCUT2D eigenvalue weighted by Crippen LogP contribution is 2.33. The Hall–Kier alpha value is -2.26. The maximum atomic E-state index is 12.6. The summed E-state index contributed by atoms with van der Waals surface area (Å²) in [5, 5.41) is 11.4. The summed E-state index contributed by atoms with van der Waals surface area (Å²) in [7, 11) is -3.97. The molecule has 2 aromatic rings. The number of anilines is 1. The number of para-hydroxylation sites is 1.